The van der Waals surface area contributed by atoms with E-state index in [1.165, 1.54) is 10.8 Å². The second-order valence-electron chi connectivity index (χ2n) is 9.06. The number of H-pyrrole nitrogens is 1. The Morgan fingerprint density at radius 2 is 1.84 bits per heavy atom. The maximum atomic E-state index is 14.2. The largest absolute Gasteiger partial charge is 0.390 e. The number of aromatic amines is 1. The molecular formula is C27H24FN7O3. The summed E-state index contributed by atoms with van der Waals surface area (Å²) >= 11 is 0. The molecule has 5 heterocycles. The van der Waals surface area contributed by atoms with E-state index in [9.17, 15) is 19.1 Å². The van der Waals surface area contributed by atoms with Gasteiger partial charge in [-0.15, -0.1) is 0 Å². The third-order valence-electron chi connectivity index (χ3n) is 6.78. The van der Waals surface area contributed by atoms with Crippen LogP contribution in [0.15, 0.2) is 64.4 Å². The highest BCUT2D eigenvalue weighted by atomic mass is 19.1. The van der Waals surface area contributed by atoms with Gasteiger partial charge in [0.15, 0.2) is 0 Å². The van der Waals surface area contributed by atoms with Gasteiger partial charge in [0, 0.05) is 55.4 Å². The Morgan fingerprint density at radius 3 is 2.58 bits per heavy atom. The quantitative estimate of drug-likeness (QED) is 0.305. The van der Waals surface area contributed by atoms with E-state index in [1.807, 2.05) is 6.07 Å². The van der Waals surface area contributed by atoms with Crippen LogP contribution in [0.2, 0.25) is 0 Å². The van der Waals surface area contributed by atoms with Crippen LogP contribution < -0.4 is 21.5 Å². The molecule has 10 nitrogen and oxygen atoms in total. The molecule has 1 saturated heterocycles. The standard InChI is InChI=1S/C27H24FN7O3/c28-12-17-11-19(3-6-23(17)34-9-7-29-8-10-34)35-25-20(26(37)33-27(35)38)14-31-22-5-4-21(32-24(22)25)16-1-2-18(15-36)30-13-16/h1-6,11,13-14,29,36H,7-10,12,15H2,(H,33,37,38). The summed E-state index contributed by atoms with van der Waals surface area (Å²) in [6.45, 7) is 2.25. The van der Waals surface area contributed by atoms with E-state index < -0.39 is 17.9 Å². The number of aliphatic hydroxyl groups is 1. The molecule has 5 aromatic rings. The molecule has 1 aliphatic heterocycles. The Morgan fingerprint density at radius 1 is 1.00 bits per heavy atom. The van der Waals surface area contributed by atoms with Gasteiger partial charge in [0.25, 0.3) is 5.56 Å². The highest BCUT2D eigenvalue weighted by molar-refractivity contribution is 6.01. The number of benzene rings is 1. The smallest absolute Gasteiger partial charge is 0.333 e. The maximum absolute atomic E-state index is 14.2. The third kappa shape index (κ3) is 4.11. The molecule has 6 rings (SSSR count). The molecular weight excluding hydrogens is 489 g/mol. The van der Waals surface area contributed by atoms with Gasteiger partial charge in [-0.05, 0) is 42.5 Å². The van der Waals surface area contributed by atoms with Crippen LogP contribution in [-0.4, -0.2) is 55.8 Å². The molecule has 11 heteroatoms. The molecule has 38 heavy (non-hydrogen) atoms. The third-order valence-corrected chi connectivity index (χ3v) is 6.78. The Kier molecular flexibility index (Phi) is 6.14. The van der Waals surface area contributed by atoms with Crippen LogP contribution in [0.3, 0.4) is 0 Å². The van der Waals surface area contributed by atoms with Gasteiger partial charge >= 0.3 is 5.69 Å². The number of pyridine rings is 3. The van der Waals surface area contributed by atoms with Crippen molar-refractivity contribution in [1.29, 1.82) is 0 Å². The second-order valence-corrected chi connectivity index (χ2v) is 9.06. The predicted molar refractivity (Wildman–Crippen MR) is 142 cm³/mol. The summed E-state index contributed by atoms with van der Waals surface area (Å²) in [5.74, 6) is 0. The Hall–Kier alpha value is -4.48. The van der Waals surface area contributed by atoms with Crippen molar-refractivity contribution in [3.8, 4) is 16.9 Å². The van der Waals surface area contributed by atoms with Crippen LogP contribution in [0.4, 0.5) is 10.1 Å². The van der Waals surface area contributed by atoms with E-state index in [-0.39, 0.29) is 17.5 Å². The lowest BCUT2D eigenvalue weighted by atomic mass is 10.1. The molecule has 1 fully saturated rings. The highest BCUT2D eigenvalue weighted by Gasteiger charge is 2.19. The van der Waals surface area contributed by atoms with Crippen molar-refractivity contribution in [2.75, 3.05) is 31.1 Å². The molecule has 3 N–H and O–H groups in total. The van der Waals surface area contributed by atoms with Crippen LogP contribution in [0, 0.1) is 0 Å². The van der Waals surface area contributed by atoms with E-state index in [1.54, 1.807) is 42.6 Å². The average molecular weight is 514 g/mol. The van der Waals surface area contributed by atoms with Crippen LogP contribution in [0.1, 0.15) is 11.3 Å². The van der Waals surface area contributed by atoms with Crippen molar-refractivity contribution in [1.82, 2.24) is 29.8 Å². The number of hydrogen-bond donors (Lipinski definition) is 3. The number of anilines is 1. The zero-order chi connectivity index (χ0) is 26.2. The summed E-state index contributed by atoms with van der Waals surface area (Å²) in [5, 5.41) is 12.8. The van der Waals surface area contributed by atoms with Crippen molar-refractivity contribution in [2.45, 2.75) is 13.3 Å². The summed E-state index contributed by atoms with van der Waals surface area (Å²) in [6.07, 6.45) is 3.01. The molecule has 0 unspecified atom stereocenters. The average Bonchev–Trinajstić information content (AvgIpc) is 2.97. The normalized spacial score (nSPS) is 13.9. The van der Waals surface area contributed by atoms with Crippen molar-refractivity contribution in [3.05, 3.63) is 87.0 Å². The molecule has 0 amide bonds. The summed E-state index contributed by atoms with van der Waals surface area (Å²) in [6, 6.07) is 12.2. The lowest BCUT2D eigenvalue weighted by molar-refractivity contribution is 0.277. The molecule has 0 radical (unpaired) electrons. The van der Waals surface area contributed by atoms with Gasteiger partial charge < -0.3 is 15.3 Å². The Labute approximate surface area is 215 Å². The minimum Gasteiger partial charge on any atom is -0.390 e. The number of rotatable bonds is 5. The molecule has 0 saturated carbocycles. The maximum Gasteiger partial charge on any atom is 0.333 e. The van der Waals surface area contributed by atoms with Crippen molar-refractivity contribution in [3.63, 3.8) is 0 Å². The Bertz CT molecular complexity index is 1780. The summed E-state index contributed by atoms with van der Waals surface area (Å²) in [7, 11) is 0. The first-order valence-electron chi connectivity index (χ1n) is 12.2. The number of aromatic nitrogens is 5. The summed E-state index contributed by atoms with van der Waals surface area (Å²) in [4.78, 5) is 43.9. The molecule has 1 aromatic carbocycles. The second kappa shape index (κ2) is 9.77. The monoisotopic (exact) mass is 513 g/mol. The van der Waals surface area contributed by atoms with Gasteiger partial charge in [-0.2, -0.15) is 0 Å². The first-order valence-corrected chi connectivity index (χ1v) is 12.2. The minimum atomic E-state index is -0.704. The van der Waals surface area contributed by atoms with E-state index in [4.69, 9.17) is 4.98 Å². The highest BCUT2D eigenvalue weighted by Crippen LogP contribution is 2.28. The molecule has 0 atom stereocenters. The van der Waals surface area contributed by atoms with Crippen LogP contribution in [0.25, 0.3) is 38.9 Å². The Balaban J connectivity index is 1.58. The van der Waals surface area contributed by atoms with Crippen LogP contribution in [-0.2, 0) is 13.3 Å². The number of nitrogens with zero attached hydrogens (tertiary/aromatic N) is 5. The van der Waals surface area contributed by atoms with Gasteiger partial charge in [0.2, 0.25) is 0 Å². The lowest BCUT2D eigenvalue weighted by Gasteiger charge is -2.31. The van der Waals surface area contributed by atoms with E-state index in [0.717, 1.165) is 31.9 Å². The first-order chi connectivity index (χ1) is 18.6. The minimum absolute atomic E-state index is 0.177. The zero-order valence-electron chi connectivity index (χ0n) is 20.3. The molecule has 0 aliphatic carbocycles. The first kappa shape index (κ1) is 23.9. The fraction of sp³-hybridized carbons (Fsp3) is 0.222. The summed E-state index contributed by atoms with van der Waals surface area (Å²) < 4.78 is 15.6. The number of fused-ring (bicyclic) bond motifs is 3. The van der Waals surface area contributed by atoms with Crippen LogP contribution >= 0.6 is 0 Å². The zero-order valence-corrected chi connectivity index (χ0v) is 20.3. The van der Waals surface area contributed by atoms with Gasteiger partial charge in [-0.1, -0.05) is 0 Å². The van der Waals surface area contributed by atoms with E-state index in [0.29, 0.717) is 39.2 Å². The van der Waals surface area contributed by atoms with Crippen molar-refractivity contribution in [2.24, 2.45) is 0 Å². The summed E-state index contributed by atoms with van der Waals surface area (Å²) in [5.41, 5.74) is 3.31. The molecule has 0 bridgehead atoms. The lowest BCUT2D eigenvalue weighted by Crippen LogP contribution is -2.43. The topological polar surface area (TPSA) is 129 Å². The SMILES string of the molecule is O=c1[nH]c(=O)n(-c2ccc(N3CCNCC3)c(CF)c2)c2c1cnc1ccc(-c3ccc(CO)nc3)nc12. The van der Waals surface area contributed by atoms with Crippen LogP contribution in [0.5, 0.6) is 0 Å². The van der Waals surface area contributed by atoms with Gasteiger partial charge in [0.1, 0.15) is 12.2 Å². The fourth-order valence-corrected chi connectivity index (χ4v) is 4.88. The number of alkyl halides is 1. The van der Waals surface area contributed by atoms with Gasteiger partial charge in [-0.25, -0.2) is 14.2 Å². The fourth-order valence-electron chi connectivity index (χ4n) is 4.88. The molecule has 192 valence electrons. The molecule has 0 spiro atoms. The van der Waals surface area contributed by atoms with Crippen molar-refractivity contribution < 1.29 is 9.50 Å². The number of halogens is 1. The van der Waals surface area contributed by atoms with E-state index >= 15 is 0 Å². The molecule has 1 aliphatic rings. The number of hydrogen-bond acceptors (Lipinski definition) is 8. The number of aliphatic hydroxyl groups excluding tert-OH is 1. The van der Waals surface area contributed by atoms with Gasteiger partial charge in [0.05, 0.1) is 40.1 Å². The number of piperazine rings is 1. The van der Waals surface area contributed by atoms with E-state index in [2.05, 4.69) is 25.2 Å². The number of nitrogens with one attached hydrogen (secondary N) is 2. The van der Waals surface area contributed by atoms with Gasteiger partial charge in [-0.3, -0.25) is 24.3 Å². The molecule has 4 aromatic heterocycles. The van der Waals surface area contributed by atoms with Crippen molar-refractivity contribution >= 4 is 27.6 Å². The predicted octanol–water partition coefficient (Wildman–Crippen LogP) is 2.06.